The van der Waals surface area contributed by atoms with Gasteiger partial charge in [0.1, 0.15) is 0 Å². The third-order valence-corrected chi connectivity index (χ3v) is 4.72. The van der Waals surface area contributed by atoms with Crippen LogP contribution in [0.2, 0.25) is 0 Å². The molecule has 0 saturated heterocycles. The smallest absolute Gasteiger partial charge is 0.223 e. The quantitative estimate of drug-likeness (QED) is 0.944. The van der Waals surface area contributed by atoms with Crippen LogP contribution in [0.15, 0.2) is 23.6 Å². The number of thiazole rings is 1. The lowest BCUT2D eigenvalue weighted by Gasteiger charge is -2.15. The van der Waals surface area contributed by atoms with Crippen LogP contribution in [0.5, 0.6) is 0 Å². The number of aryl methyl sites for hydroxylation is 1. The number of amides is 1. The van der Waals surface area contributed by atoms with E-state index in [1.54, 1.807) is 18.3 Å². The Morgan fingerprint density at radius 3 is 3.05 bits per heavy atom. The van der Waals surface area contributed by atoms with Crippen molar-refractivity contribution < 1.29 is 4.79 Å². The zero-order valence-corrected chi connectivity index (χ0v) is 13.2. The number of fused-ring (bicyclic) bond motifs is 1. The monoisotopic (exact) mass is 301 g/mol. The Labute approximate surface area is 128 Å². The molecule has 0 saturated carbocycles. The molecule has 1 N–H and O–H groups in total. The number of hydrogen-bond acceptors (Lipinski definition) is 4. The molecule has 1 aromatic heterocycles. The first kappa shape index (κ1) is 14.1. The summed E-state index contributed by atoms with van der Waals surface area (Å²) in [4.78, 5) is 17.8. The second-order valence-corrected chi connectivity index (χ2v) is 6.27. The molecule has 1 amide bonds. The average Bonchev–Trinajstić information content (AvgIpc) is 3.04. The van der Waals surface area contributed by atoms with E-state index in [0.29, 0.717) is 0 Å². The predicted octanol–water partition coefficient (Wildman–Crippen LogP) is 3.02. The highest BCUT2D eigenvalue weighted by Crippen LogP contribution is 2.30. The van der Waals surface area contributed by atoms with Crippen LogP contribution in [0.25, 0.3) is 0 Å². The van der Waals surface area contributed by atoms with E-state index < -0.39 is 0 Å². The molecule has 0 atom stereocenters. The Morgan fingerprint density at radius 2 is 2.33 bits per heavy atom. The molecule has 5 heteroatoms. The Kier molecular flexibility index (Phi) is 3.92. The Morgan fingerprint density at radius 1 is 1.48 bits per heavy atom. The molecule has 110 valence electrons. The van der Waals surface area contributed by atoms with E-state index in [4.69, 9.17) is 0 Å². The summed E-state index contributed by atoms with van der Waals surface area (Å²) in [7, 11) is 0. The van der Waals surface area contributed by atoms with Crippen LogP contribution in [0.4, 0.5) is 11.4 Å². The first-order valence-corrected chi connectivity index (χ1v) is 8.07. The average molecular weight is 301 g/mol. The van der Waals surface area contributed by atoms with Crippen molar-refractivity contribution in [1.82, 2.24) is 4.98 Å². The van der Waals surface area contributed by atoms with E-state index in [9.17, 15) is 4.79 Å². The number of aromatic nitrogens is 1. The lowest BCUT2D eigenvalue weighted by molar-refractivity contribution is -0.116. The van der Waals surface area contributed by atoms with Crippen molar-refractivity contribution in [3.05, 3.63) is 39.8 Å². The molecule has 0 aliphatic carbocycles. The van der Waals surface area contributed by atoms with Gasteiger partial charge in [-0.3, -0.25) is 4.79 Å². The molecule has 4 nitrogen and oxygen atoms in total. The van der Waals surface area contributed by atoms with Crippen LogP contribution in [0, 0.1) is 6.92 Å². The Balaban J connectivity index is 1.61. The van der Waals surface area contributed by atoms with Gasteiger partial charge in [0.2, 0.25) is 5.91 Å². The van der Waals surface area contributed by atoms with E-state index in [1.165, 1.54) is 10.6 Å². The van der Waals surface area contributed by atoms with Crippen LogP contribution in [-0.4, -0.2) is 24.0 Å². The van der Waals surface area contributed by atoms with Crippen molar-refractivity contribution in [1.29, 1.82) is 0 Å². The summed E-state index contributed by atoms with van der Waals surface area (Å²) in [6.07, 6.45) is 1.88. The summed E-state index contributed by atoms with van der Waals surface area (Å²) < 4.78 is 0. The van der Waals surface area contributed by atoms with Crippen LogP contribution in [0.1, 0.15) is 23.2 Å². The summed E-state index contributed by atoms with van der Waals surface area (Å²) in [5, 5.41) is 6.69. The SMILES string of the molecule is CC(=O)N1CCc2cc(NCCc3nc(C)cs3)ccc21. The molecule has 0 fully saturated rings. The van der Waals surface area contributed by atoms with E-state index in [0.717, 1.165) is 43.0 Å². The lowest BCUT2D eigenvalue weighted by atomic mass is 10.1. The number of carbonyl (C=O) groups excluding carboxylic acids is 1. The van der Waals surface area contributed by atoms with Crippen LogP contribution in [0.3, 0.4) is 0 Å². The van der Waals surface area contributed by atoms with Crippen molar-refractivity contribution in [3.8, 4) is 0 Å². The normalized spacial score (nSPS) is 13.3. The third-order valence-electron chi connectivity index (χ3n) is 3.69. The number of benzene rings is 1. The van der Waals surface area contributed by atoms with Gasteiger partial charge in [-0.25, -0.2) is 4.98 Å². The van der Waals surface area contributed by atoms with Crippen LogP contribution in [-0.2, 0) is 17.6 Å². The summed E-state index contributed by atoms with van der Waals surface area (Å²) in [5.74, 6) is 0.119. The van der Waals surface area contributed by atoms with Crippen LogP contribution < -0.4 is 10.2 Å². The zero-order valence-electron chi connectivity index (χ0n) is 12.3. The van der Waals surface area contributed by atoms with Gasteiger partial charge in [-0.15, -0.1) is 11.3 Å². The van der Waals surface area contributed by atoms with Crippen molar-refractivity contribution in [2.45, 2.75) is 26.7 Å². The number of anilines is 2. The summed E-state index contributed by atoms with van der Waals surface area (Å²) >= 11 is 1.71. The minimum absolute atomic E-state index is 0.119. The molecule has 0 unspecified atom stereocenters. The minimum Gasteiger partial charge on any atom is -0.385 e. The second-order valence-electron chi connectivity index (χ2n) is 5.32. The summed E-state index contributed by atoms with van der Waals surface area (Å²) in [6.45, 7) is 5.32. The molecule has 2 aromatic rings. The molecule has 3 rings (SSSR count). The van der Waals surface area contributed by atoms with Gasteiger partial charge >= 0.3 is 0 Å². The lowest BCUT2D eigenvalue weighted by Crippen LogP contribution is -2.25. The van der Waals surface area contributed by atoms with E-state index >= 15 is 0 Å². The van der Waals surface area contributed by atoms with Gasteiger partial charge in [-0.1, -0.05) is 0 Å². The Bertz CT molecular complexity index is 665. The van der Waals surface area contributed by atoms with Crippen molar-refractivity contribution in [3.63, 3.8) is 0 Å². The van der Waals surface area contributed by atoms with Gasteiger partial charge < -0.3 is 10.2 Å². The Hall–Kier alpha value is -1.88. The largest absolute Gasteiger partial charge is 0.385 e. The van der Waals surface area contributed by atoms with E-state index in [-0.39, 0.29) is 5.91 Å². The molecule has 1 aromatic carbocycles. The maximum atomic E-state index is 11.5. The summed E-state index contributed by atoms with van der Waals surface area (Å²) in [6, 6.07) is 6.25. The topological polar surface area (TPSA) is 45.2 Å². The van der Waals surface area contributed by atoms with Crippen LogP contribution >= 0.6 is 11.3 Å². The fourth-order valence-electron chi connectivity index (χ4n) is 2.67. The molecule has 0 spiro atoms. The highest BCUT2D eigenvalue weighted by molar-refractivity contribution is 7.09. The fourth-order valence-corrected chi connectivity index (χ4v) is 3.45. The maximum Gasteiger partial charge on any atom is 0.223 e. The number of hydrogen-bond donors (Lipinski definition) is 1. The molecule has 0 radical (unpaired) electrons. The van der Waals surface area contributed by atoms with E-state index in [2.05, 4.69) is 21.7 Å². The van der Waals surface area contributed by atoms with E-state index in [1.807, 2.05) is 24.0 Å². The number of nitrogens with zero attached hydrogens (tertiary/aromatic N) is 2. The van der Waals surface area contributed by atoms with Gasteiger partial charge in [-0.05, 0) is 37.1 Å². The first-order valence-electron chi connectivity index (χ1n) is 7.19. The number of rotatable bonds is 4. The van der Waals surface area contributed by atoms with Gasteiger partial charge in [-0.2, -0.15) is 0 Å². The minimum atomic E-state index is 0.119. The molecule has 2 heterocycles. The molecule has 21 heavy (non-hydrogen) atoms. The third kappa shape index (κ3) is 3.08. The predicted molar refractivity (Wildman–Crippen MR) is 87.2 cm³/mol. The van der Waals surface area contributed by atoms with Gasteiger partial charge in [0.05, 0.1) is 5.01 Å². The zero-order chi connectivity index (χ0) is 14.8. The fraction of sp³-hybridized carbons (Fsp3) is 0.375. The summed E-state index contributed by atoms with van der Waals surface area (Å²) in [5.41, 5.74) is 4.52. The molecule has 1 aliphatic rings. The van der Waals surface area contributed by atoms with Crippen molar-refractivity contribution in [2.75, 3.05) is 23.3 Å². The number of carbonyl (C=O) groups is 1. The van der Waals surface area contributed by atoms with Gasteiger partial charge in [0.15, 0.2) is 0 Å². The first-order chi connectivity index (χ1) is 10.1. The molecule has 1 aliphatic heterocycles. The highest BCUT2D eigenvalue weighted by atomic mass is 32.1. The number of nitrogens with one attached hydrogen (secondary N) is 1. The maximum absolute atomic E-state index is 11.5. The van der Waals surface area contributed by atoms with Gasteiger partial charge in [0, 0.05) is 48.9 Å². The standard InChI is InChI=1S/C16H19N3OS/c1-11-10-21-16(18-11)5-7-17-14-3-4-15-13(9-14)6-8-19(15)12(2)20/h3-4,9-10,17H,5-8H2,1-2H3. The second kappa shape index (κ2) is 5.85. The molecular formula is C16H19N3OS. The molecular weight excluding hydrogens is 282 g/mol. The van der Waals surface area contributed by atoms with Crippen molar-refractivity contribution >= 4 is 28.6 Å². The molecule has 0 bridgehead atoms. The van der Waals surface area contributed by atoms with Crippen molar-refractivity contribution in [2.24, 2.45) is 0 Å². The van der Waals surface area contributed by atoms with Gasteiger partial charge in [0.25, 0.3) is 0 Å². The highest BCUT2D eigenvalue weighted by Gasteiger charge is 2.21.